The largest absolute Gasteiger partial charge is 0.491 e. The number of aliphatic hydroxyl groups excluding tert-OH is 1. The highest BCUT2D eigenvalue weighted by atomic mass is 79.9. The van der Waals surface area contributed by atoms with E-state index in [0.29, 0.717) is 25.1 Å². The molecule has 3 nitrogen and oxygen atoms in total. The van der Waals surface area contributed by atoms with Gasteiger partial charge < -0.3 is 15.2 Å². The fraction of sp³-hybridized carbons (Fsp3) is 0.600. The molecule has 0 spiro atoms. The molecule has 0 fully saturated rings. The molecule has 0 amide bonds. The molecule has 19 heavy (non-hydrogen) atoms. The van der Waals surface area contributed by atoms with Crippen LogP contribution in [0.1, 0.15) is 39.2 Å². The lowest BCUT2D eigenvalue weighted by atomic mass is 10.0. The molecule has 1 aromatic rings. The number of benzene rings is 1. The van der Waals surface area contributed by atoms with Gasteiger partial charge in [-0.1, -0.05) is 43.6 Å². The Morgan fingerprint density at radius 3 is 2.53 bits per heavy atom. The number of hydrogen-bond donors (Lipinski definition) is 2. The minimum absolute atomic E-state index is 0.307. The Balaban J connectivity index is 2.57. The van der Waals surface area contributed by atoms with Gasteiger partial charge in [0.1, 0.15) is 18.5 Å². The van der Waals surface area contributed by atoms with Crippen molar-refractivity contribution in [2.24, 2.45) is 0 Å². The van der Waals surface area contributed by atoms with E-state index in [1.807, 2.05) is 12.1 Å². The van der Waals surface area contributed by atoms with Crippen LogP contribution in [0.25, 0.3) is 0 Å². The van der Waals surface area contributed by atoms with Crippen molar-refractivity contribution in [3.05, 3.63) is 28.2 Å². The van der Waals surface area contributed by atoms with E-state index in [1.165, 1.54) is 0 Å². The topological polar surface area (TPSA) is 41.5 Å². The molecule has 0 saturated heterocycles. The second kappa shape index (κ2) is 7.88. The minimum atomic E-state index is -0.494. The Bertz CT molecular complexity index is 394. The van der Waals surface area contributed by atoms with Crippen LogP contribution in [-0.4, -0.2) is 30.4 Å². The van der Waals surface area contributed by atoms with Gasteiger partial charge in [0.15, 0.2) is 0 Å². The van der Waals surface area contributed by atoms with E-state index < -0.39 is 6.10 Å². The Morgan fingerprint density at radius 2 is 1.95 bits per heavy atom. The molecule has 1 atom stereocenters. The van der Waals surface area contributed by atoms with Gasteiger partial charge in [-0.15, -0.1) is 0 Å². The standard InChI is InChI=1S/C15H24BrNO2/c1-10(2)14-7-12(16)5-6-15(14)19-9-13(18)8-17-11(3)4/h5-7,10-11,13,17-18H,8-9H2,1-4H3. The van der Waals surface area contributed by atoms with Crippen molar-refractivity contribution in [2.45, 2.75) is 45.8 Å². The average Bonchev–Trinajstić information content (AvgIpc) is 2.34. The molecular weight excluding hydrogens is 306 g/mol. The van der Waals surface area contributed by atoms with Crippen molar-refractivity contribution in [2.75, 3.05) is 13.2 Å². The summed E-state index contributed by atoms with van der Waals surface area (Å²) in [6.07, 6.45) is -0.494. The van der Waals surface area contributed by atoms with Gasteiger partial charge in [-0.05, 0) is 29.7 Å². The number of halogens is 1. The molecule has 0 saturated carbocycles. The number of ether oxygens (including phenoxy) is 1. The summed E-state index contributed by atoms with van der Waals surface area (Å²) >= 11 is 3.47. The lowest BCUT2D eigenvalue weighted by Gasteiger charge is -2.18. The quantitative estimate of drug-likeness (QED) is 0.806. The predicted molar refractivity (Wildman–Crippen MR) is 82.9 cm³/mol. The van der Waals surface area contributed by atoms with Crippen LogP contribution in [0.15, 0.2) is 22.7 Å². The third-order valence-electron chi connectivity index (χ3n) is 2.79. The maximum atomic E-state index is 9.85. The number of nitrogens with one attached hydrogen (secondary N) is 1. The fourth-order valence-corrected chi connectivity index (χ4v) is 2.10. The highest BCUT2D eigenvalue weighted by molar-refractivity contribution is 9.10. The van der Waals surface area contributed by atoms with Crippen LogP contribution in [0.3, 0.4) is 0 Å². The van der Waals surface area contributed by atoms with Gasteiger partial charge in [-0.2, -0.15) is 0 Å². The van der Waals surface area contributed by atoms with Crippen LogP contribution < -0.4 is 10.1 Å². The van der Waals surface area contributed by atoms with Crippen LogP contribution in [-0.2, 0) is 0 Å². The van der Waals surface area contributed by atoms with Crippen LogP contribution in [0.5, 0.6) is 5.75 Å². The molecule has 0 aliphatic carbocycles. The lowest BCUT2D eigenvalue weighted by molar-refractivity contribution is 0.104. The highest BCUT2D eigenvalue weighted by Gasteiger charge is 2.11. The maximum Gasteiger partial charge on any atom is 0.122 e. The van der Waals surface area contributed by atoms with Crippen molar-refractivity contribution in [1.82, 2.24) is 5.32 Å². The molecule has 2 N–H and O–H groups in total. The van der Waals surface area contributed by atoms with Crippen molar-refractivity contribution >= 4 is 15.9 Å². The molecule has 0 aromatic heterocycles. The van der Waals surface area contributed by atoms with Gasteiger partial charge in [0.25, 0.3) is 0 Å². The lowest BCUT2D eigenvalue weighted by Crippen LogP contribution is -2.35. The van der Waals surface area contributed by atoms with Crippen molar-refractivity contribution in [3.63, 3.8) is 0 Å². The van der Waals surface area contributed by atoms with E-state index in [0.717, 1.165) is 15.8 Å². The summed E-state index contributed by atoms with van der Waals surface area (Å²) in [5.74, 6) is 1.24. The molecule has 0 bridgehead atoms. The Hall–Kier alpha value is -0.580. The zero-order valence-electron chi connectivity index (χ0n) is 12.1. The van der Waals surface area contributed by atoms with Gasteiger partial charge in [-0.25, -0.2) is 0 Å². The summed E-state index contributed by atoms with van der Waals surface area (Å²) < 4.78 is 6.78. The Kier molecular flexibility index (Phi) is 6.83. The monoisotopic (exact) mass is 329 g/mol. The molecule has 0 radical (unpaired) electrons. The zero-order valence-corrected chi connectivity index (χ0v) is 13.7. The van der Waals surface area contributed by atoms with Gasteiger partial charge in [0, 0.05) is 17.1 Å². The van der Waals surface area contributed by atoms with E-state index in [4.69, 9.17) is 4.74 Å². The Morgan fingerprint density at radius 1 is 1.26 bits per heavy atom. The fourth-order valence-electron chi connectivity index (χ4n) is 1.72. The first-order valence-electron chi connectivity index (χ1n) is 6.73. The first-order chi connectivity index (χ1) is 8.90. The normalized spacial score (nSPS) is 13.1. The van der Waals surface area contributed by atoms with Crippen molar-refractivity contribution < 1.29 is 9.84 Å². The first kappa shape index (κ1) is 16.5. The van der Waals surface area contributed by atoms with Gasteiger partial charge >= 0.3 is 0 Å². The molecule has 0 aliphatic rings. The van der Waals surface area contributed by atoms with Gasteiger partial charge in [0.05, 0.1) is 0 Å². The second-order valence-corrected chi connectivity index (χ2v) is 6.28. The van der Waals surface area contributed by atoms with Crippen LogP contribution in [0.4, 0.5) is 0 Å². The minimum Gasteiger partial charge on any atom is -0.491 e. The summed E-state index contributed by atoms with van der Waals surface area (Å²) in [5, 5.41) is 13.0. The predicted octanol–water partition coefficient (Wildman–Crippen LogP) is 3.31. The van der Waals surface area contributed by atoms with Crippen LogP contribution in [0, 0.1) is 0 Å². The zero-order chi connectivity index (χ0) is 14.4. The second-order valence-electron chi connectivity index (χ2n) is 5.36. The van der Waals surface area contributed by atoms with Crippen molar-refractivity contribution in [3.8, 4) is 5.75 Å². The molecular formula is C15H24BrNO2. The maximum absolute atomic E-state index is 9.85. The molecule has 1 aromatic carbocycles. The number of hydrogen-bond acceptors (Lipinski definition) is 3. The average molecular weight is 330 g/mol. The van der Waals surface area contributed by atoms with Crippen LogP contribution >= 0.6 is 15.9 Å². The van der Waals surface area contributed by atoms with Crippen LogP contribution in [0.2, 0.25) is 0 Å². The molecule has 0 aliphatic heterocycles. The van der Waals surface area contributed by atoms with Crippen molar-refractivity contribution in [1.29, 1.82) is 0 Å². The smallest absolute Gasteiger partial charge is 0.122 e. The van der Waals surface area contributed by atoms with E-state index in [2.05, 4.69) is 55.0 Å². The SMILES string of the molecule is CC(C)NCC(O)COc1ccc(Br)cc1C(C)C. The van der Waals surface area contributed by atoms with Gasteiger partial charge in [0.2, 0.25) is 0 Å². The summed E-state index contributed by atoms with van der Waals surface area (Å²) in [4.78, 5) is 0. The third-order valence-corrected chi connectivity index (χ3v) is 3.28. The number of rotatable bonds is 7. The first-order valence-corrected chi connectivity index (χ1v) is 7.53. The van der Waals surface area contributed by atoms with E-state index in [9.17, 15) is 5.11 Å². The summed E-state index contributed by atoms with van der Waals surface area (Å²) in [5.41, 5.74) is 1.15. The molecule has 0 heterocycles. The Labute approximate surface area is 124 Å². The summed E-state index contributed by atoms with van der Waals surface area (Å²) in [6, 6.07) is 6.34. The van der Waals surface area contributed by atoms with E-state index in [1.54, 1.807) is 0 Å². The van der Waals surface area contributed by atoms with E-state index >= 15 is 0 Å². The highest BCUT2D eigenvalue weighted by Crippen LogP contribution is 2.29. The molecule has 1 rings (SSSR count). The summed E-state index contributed by atoms with van der Waals surface area (Å²) in [7, 11) is 0. The molecule has 4 heteroatoms. The van der Waals surface area contributed by atoms with E-state index in [-0.39, 0.29) is 0 Å². The molecule has 1 unspecified atom stereocenters. The molecule has 108 valence electrons. The van der Waals surface area contributed by atoms with Gasteiger partial charge in [-0.3, -0.25) is 0 Å². The third kappa shape index (κ3) is 5.93. The number of aliphatic hydroxyl groups is 1. The summed E-state index contributed by atoms with van der Waals surface area (Å²) in [6.45, 7) is 9.22.